The molecular weight excluding hydrogens is 170 g/mol. The summed E-state index contributed by atoms with van der Waals surface area (Å²) in [7, 11) is 0. The van der Waals surface area contributed by atoms with Crippen molar-refractivity contribution in [1.29, 1.82) is 0 Å². The Hall–Kier alpha value is -0.980. The van der Waals surface area contributed by atoms with Crippen LogP contribution in [0.25, 0.3) is 0 Å². The van der Waals surface area contributed by atoms with E-state index in [1.165, 1.54) is 16.8 Å². The third-order valence-electron chi connectivity index (χ3n) is 2.35. The summed E-state index contributed by atoms with van der Waals surface area (Å²) in [6.45, 7) is 11.0. The summed E-state index contributed by atoms with van der Waals surface area (Å²) in [5.74, 6) is 0.614. The molecular formula is C13H21N. The second kappa shape index (κ2) is 4.50. The van der Waals surface area contributed by atoms with Gasteiger partial charge in [0, 0.05) is 11.7 Å². The van der Waals surface area contributed by atoms with Gasteiger partial charge in [-0.2, -0.15) is 0 Å². The molecule has 0 bridgehead atoms. The van der Waals surface area contributed by atoms with Gasteiger partial charge in [-0.05, 0) is 49.9 Å². The van der Waals surface area contributed by atoms with Crippen LogP contribution in [0, 0.1) is 6.92 Å². The molecule has 0 unspecified atom stereocenters. The minimum Gasteiger partial charge on any atom is -0.383 e. The van der Waals surface area contributed by atoms with Crippen LogP contribution in [0.3, 0.4) is 0 Å². The summed E-state index contributed by atoms with van der Waals surface area (Å²) in [6, 6.07) is 7.13. The number of benzene rings is 1. The molecule has 14 heavy (non-hydrogen) atoms. The molecule has 1 rings (SSSR count). The predicted molar refractivity (Wildman–Crippen MR) is 64.0 cm³/mol. The lowest BCUT2D eigenvalue weighted by Gasteiger charge is -2.14. The first-order valence-corrected chi connectivity index (χ1v) is 5.37. The molecule has 0 aliphatic heterocycles. The lowest BCUT2D eigenvalue weighted by molar-refractivity contribution is 0.854. The van der Waals surface area contributed by atoms with Crippen molar-refractivity contribution in [1.82, 2.24) is 0 Å². The maximum absolute atomic E-state index is 3.41. The largest absolute Gasteiger partial charge is 0.383 e. The van der Waals surface area contributed by atoms with Crippen molar-refractivity contribution in [2.24, 2.45) is 0 Å². The SMILES string of the molecule is Cc1cc(NC(C)C)ccc1C(C)C. The van der Waals surface area contributed by atoms with E-state index in [4.69, 9.17) is 0 Å². The monoisotopic (exact) mass is 191 g/mol. The van der Waals surface area contributed by atoms with Crippen LogP contribution in [-0.2, 0) is 0 Å². The summed E-state index contributed by atoms with van der Waals surface area (Å²) in [6.07, 6.45) is 0. The minimum absolute atomic E-state index is 0.499. The first-order valence-electron chi connectivity index (χ1n) is 5.37. The first-order chi connectivity index (χ1) is 6.50. The van der Waals surface area contributed by atoms with Crippen molar-refractivity contribution in [3.8, 4) is 0 Å². The molecule has 1 aromatic carbocycles. The van der Waals surface area contributed by atoms with E-state index < -0.39 is 0 Å². The molecule has 1 N–H and O–H groups in total. The van der Waals surface area contributed by atoms with E-state index in [-0.39, 0.29) is 0 Å². The van der Waals surface area contributed by atoms with Crippen LogP contribution < -0.4 is 5.32 Å². The highest BCUT2D eigenvalue weighted by molar-refractivity contribution is 5.49. The van der Waals surface area contributed by atoms with Crippen LogP contribution in [0.1, 0.15) is 44.7 Å². The van der Waals surface area contributed by atoms with Crippen LogP contribution in [0.15, 0.2) is 18.2 Å². The topological polar surface area (TPSA) is 12.0 Å². The van der Waals surface area contributed by atoms with Gasteiger partial charge in [0.15, 0.2) is 0 Å². The standard InChI is InChI=1S/C13H21N/c1-9(2)13-7-6-12(8-11(13)5)14-10(3)4/h6-10,14H,1-5H3. The Labute approximate surface area is 87.5 Å². The van der Waals surface area contributed by atoms with Crippen LogP contribution >= 0.6 is 0 Å². The van der Waals surface area contributed by atoms with Crippen molar-refractivity contribution in [3.63, 3.8) is 0 Å². The molecule has 0 saturated carbocycles. The Morgan fingerprint density at radius 2 is 1.71 bits per heavy atom. The highest BCUT2D eigenvalue weighted by Crippen LogP contribution is 2.22. The second-order valence-electron chi connectivity index (χ2n) is 4.53. The van der Waals surface area contributed by atoms with Gasteiger partial charge in [-0.15, -0.1) is 0 Å². The highest BCUT2D eigenvalue weighted by atomic mass is 14.9. The minimum atomic E-state index is 0.499. The van der Waals surface area contributed by atoms with Gasteiger partial charge in [-0.1, -0.05) is 19.9 Å². The quantitative estimate of drug-likeness (QED) is 0.763. The highest BCUT2D eigenvalue weighted by Gasteiger charge is 2.04. The molecule has 78 valence electrons. The number of hydrogen-bond donors (Lipinski definition) is 1. The van der Waals surface area contributed by atoms with Crippen LogP contribution in [0.5, 0.6) is 0 Å². The fraction of sp³-hybridized carbons (Fsp3) is 0.538. The van der Waals surface area contributed by atoms with Gasteiger partial charge in [-0.3, -0.25) is 0 Å². The van der Waals surface area contributed by atoms with E-state index in [1.54, 1.807) is 0 Å². The smallest absolute Gasteiger partial charge is 0.0344 e. The molecule has 0 saturated heterocycles. The Balaban J connectivity index is 2.89. The molecule has 1 nitrogen and oxygen atoms in total. The molecule has 0 spiro atoms. The average Bonchev–Trinajstić information content (AvgIpc) is 2.01. The van der Waals surface area contributed by atoms with E-state index in [9.17, 15) is 0 Å². The van der Waals surface area contributed by atoms with E-state index in [0.29, 0.717) is 12.0 Å². The van der Waals surface area contributed by atoms with E-state index >= 15 is 0 Å². The van der Waals surface area contributed by atoms with Gasteiger partial charge < -0.3 is 5.32 Å². The summed E-state index contributed by atoms with van der Waals surface area (Å²) in [4.78, 5) is 0. The number of anilines is 1. The number of hydrogen-bond acceptors (Lipinski definition) is 1. The number of aryl methyl sites for hydroxylation is 1. The summed E-state index contributed by atoms with van der Waals surface area (Å²) in [5, 5.41) is 3.41. The van der Waals surface area contributed by atoms with Crippen molar-refractivity contribution >= 4 is 5.69 Å². The molecule has 1 aromatic rings. The molecule has 0 fully saturated rings. The van der Waals surface area contributed by atoms with Crippen LogP contribution in [-0.4, -0.2) is 6.04 Å². The fourth-order valence-electron chi connectivity index (χ4n) is 1.75. The Kier molecular flexibility index (Phi) is 3.56. The zero-order valence-electron chi connectivity index (χ0n) is 9.89. The zero-order chi connectivity index (χ0) is 10.7. The van der Waals surface area contributed by atoms with Gasteiger partial charge >= 0.3 is 0 Å². The second-order valence-corrected chi connectivity index (χ2v) is 4.53. The lowest BCUT2D eigenvalue weighted by atomic mass is 9.97. The molecule has 0 heterocycles. The fourth-order valence-corrected chi connectivity index (χ4v) is 1.75. The van der Waals surface area contributed by atoms with E-state index in [0.717, 1.165) is 0 Å². The van der Waals surface area contributed by atoms with Gasteiger partial charge in [0.05, 0.1) is 0 Å². The van der Waals surface area contributed by atoms with Crippen molar-refractivity contribution < 1.29 is 0 Å². The number of rotatable bonds is 3. The lowest BCUT2D eigenvalue weighted by Crippen LogP contribution is -2.09. The molecule has 1 heteroatoms. The molecule has 0 amide bonds. The maximum Gasteiger partial charge on any atom is 0.0344 e. The van der Waals surface area contributed by atoms with Gasteiger partial charge in [0.2, 0.25) is 0 Å². The van der Waals surface area contributed by atoms with Gasteiger partial charge in [0.1, 0.15) is 0 Å². The summed E-state index contributed by atoms with van der Waals surface area (Å²) < 4.78 is 0. The summed E-state index contributed by atoms with van der Waals surface area (Å²) in [5.41, 5.74) is 4.05. The maximum atomic E-state index is 3.41. The molecule has 0 aromatic heterocycles. The number of nitrogens with one attached hydrogen (secondary N) is 1. The normalized spacial score (nSPS) is 11.1. The van der Waals surface area contributed by atoms with Gasteiger partial charge in [0.25, 0.3) is 0 Å². The third-order valence-corrected chi connectivity index (χ3v) is 2.35. The van der Waals surface area contributed by atoms with Crippen molar-refractivity contribution in [2.45, 2.75) is 46.6 Å². The van der Waals surface area contributed by atoms with E-state index in [1.807, 2.05) is 0 Å². The Bertz CT molecular complexity index is 300. The van der Waals surface area contributed by atoms with Crippen molar-refractivity contribution in [2.75, 3.05) is 5.32 Å². The van der Waals surface area contributed by atoms with Crippen molar-refractivity contribution in [3.05, 3.63) is 29.3 Å². The molecule has 0 radical (unpaired) electrons. The predicted octanol–water partition coefficient (Wildman–Crippen LogP) is 3.94. The van der Waals surface area contributed by atoms with Crippen LogP contribution in [0.4, 0.5) is 5.69 Å². The zero-order valence-corrected chi connectivity index (χ0v) is 9.89. The Morgan fingerprint density at radius 3 is 2.14 bits per heavy atom. The van der Waals surface area contributed by atoms with Crippen LogP contribution in [0.2, 0.25) is 0 Å². The molecule has 0 aliphatic carbocycles. The van der Waals surface area contributed by atoms with Gasteiger partial charge in [-0.25, -0.2) is 0 Å². The average molecular weight is 191 g/mol. The third kappa shape index (κ3) is 2.76. The molecule has 0 aliphatic rings. The first kappa shape index (κ1) is 11.1. The summed E-state index contributed by atoms with van der Waals surface area (Å²) >= 11 is 0. The Morgan fingerprint density at radius 1 is 1.07 bits per heavy atom. The van der Waals surface area contributed by atoms with E-state index in [2.05, 4.69) is 58.1 Å². The molecule has 0 atom stereocenters.